The van der Waals surface area contributed by atoms with Gasteiger partial charge in [-0.3, -0.25) is 0 Å². The van der Waals surface area contributed by atoms with Crippen LogP contribution in [-0.2, 0) is 11.3 Å². The molecule has 1 aromatic rings. The fourth-order valence-corrected chi connectivity index (χ4v) is 0.941. The zero-order valence-corrected chi connectivity index (χ0v) is 7.33. The average Bonchev–Trinajstić information content (AvgIpc) is 2.63. The zero-order chi connectivity index (χ0) is 9.36. The third-order valence-electron chi connectivity index (χ3n) is 1.56. The smallest absolute Gasteiger partial charge is 0.0645 e. The van der Waals surface area contributed by atoms with Gasteiger partial charge in [0.15, 0.2) is 0 Å². The van der Waals surface area contributed by atoms with Crippen LogP contribution in [0, 0.1) is 0 Å². The summed E-state index contributed by atoms with van der Waals surface area (Å²) >= 11 is 0. The SMILES string of the molecule is [N-]=[N+]=NCCOCCn1cccc1. The van der Waals surface area contributed by atoms with Gasteiger partial charge in [0.1, 0.15) is 0 Å². The number of hydrogen-bond donors (Lipinski definition) is 0. The molecule has 0 atom stereocenters. The van der Waals surface area contributed by atoms with E-state index in [1.54, 1.807) is 0 Å². The molecule has 0 amide bonds. The standard InChI is InChI=1S/C8H12N4O/c9-11-10-3-7-13-8-6-12-4-1-2-5-12/h1-2,4-5H,3,6-8H2. The first kappa shape index (κ1) is 9.64. The molecule has 1 aromatic heterocycles. The highest BCUT2D eigenvalue weighted by Crippen LogP contribution is 1.89. The minimum Gasteiger partial charge on any atom is -0.379 e. The Kier molecular flexibility index (Phi) is 4.53. The normalized spacial score (nSPS) is 9.54. The summed E-state index contributed by atoms with van der Waals surface area (Å²) in [6.45, 7) is 2.38. The van der Waals surface area contributed by atoms with Gasteiger partial charge in [-0.2, -0.15) is 0 Å². The second-order valence-electron chi connectivity index (χ2n) is 2.49. The van der Waals surface area contributed by atoms with Crippen LogP contribution in [0.1, 0.15) is 0 Å². The molecule has 13 heavy (non-hydrogen) atoms. The lowest BCUT2D eigenvalue weighted by atomic mass is 10.6. The van der Waals surface area contributed by atoms with Crippen molar-refractivity contribution in [1.29, 1.82) is 0 Å². The molecule has 0 spiro atoms. The van der Waals surface area contributed by atoms with Crippen molar-refractivity contribution < 1.29 is 4.74 Å². The quantitative estimate of drug-likeness (QED) is 0.285. The van der Waals surface area contributed by atoms with Crippen molar-refractivity contribution in [1.82, 2.24) is 4.57 Å². The molecule has 1 rings (SSSR count). The second-order valence-corrected chi connectivity index (χ2v) is 2.49. The Bertz CT molecular complexity index is 264. The molecule has 0 aliphatic carbocycles. The Morgan fingerprint density at radius 2 is 2.08 bits per heavy atom. The molecule has 0 unspecified atom stereocenters. The predicted octanol–water partition coefficient (Wildman–Crippen LogP) is 1.81. The Labute approximate surface area is 76.6 Å². The van der Waals surface area contributed by atoms with Crippen molar-refractivity contribution in [3.05, 3.63) is 35.0 Å². The van der Waals surface area contributed by atoms with Crippen LogP contribution < -0.4 is 0 Å². The van der Waals surface area contributed by atoms with Crippen LogP contribution in [0.25, 0.3) is 10.4 Å². The van der Waals surface area contributed by atoms with Crippen LogP contribution >= 0.6 is 0 Å². The van der Waals surface area contributed by atoms with Gasteiger partial charge in [0.2, 0.25) is 0 Å². The van der Waals surface area contributed by atoms with Crippen LogP contribution in [0.2, 0.25) is 0 Å². The monoisotopic (exact) mass is 180 g/mol. The molecule has 0 N–H and O–H groups in total. The van der Waals surface area contributed by atoms with E-state index >= 15 is 0 Å². The van der Waals surface area contributed by atoms with Gasteiger partial charge in [0.05, 0.1) is 13.2 Å². The summed E-state index contributed by atoms with van der Waals surface area (Å²) in [4.78, 5) is 2.62. The highest BCUT2D eigenvalue weighted by molar-refractivity contribution is 4.89. The summed E-state index contributed by atoms with van der Waals surface area (Å²) in [5.41, 5.74) is 7.97. The molecule has 0 aromatic carbocycles. The van der Waals surface area contributed by atoms with Crippen molar-refractivity contribution >= 4 is 0 Å². The fraction of sp³-hybridized carbons (Fsp3) is 0.500. The molecule has 1 heterocycles. The minimum absolute atomic E-state index is 0.405. The van der Waals surface area contributed by atoms with E-state index < -0.39 is 0 Å². The van der Waals surface area contributed by atoms with Crippen molar-refractivity contribution in [2.75, 3.05) is 19.8 Å². The largest absolute Gasteiger partial charge is 0.379 e. The van der Waals surface area contributed by atoms with E-state index in [9.17, 15) is 0 Å². The van der Waals surface area contributed by atoms with E-state index in [-0.39, 0.29) is 0 Å². The molecule has 70 valence electrons. The molecular formula is C8H12N4O. The Hall–Kier alpha value is -1.45. The highest BCUT2D eigenvalue weighted by atomic mass is 16.5. The Morgan fingerprint density at radius 1 is 1.31 bits per heavy atom. The second kappa shape index (κ2) is 6.11. The van der Waals surface area contributed by atoms with Crippen molar-refractivity contribution in [3.63, 3.8) is 0 Å². The molecule has 5 heteroatoms. The lowest BCUT2D eigenvalue weighted by Crippen LogP contribution is -2.06. The number of azide groups is 1. The third kappa shape index (κ3) is 4.20. The predicted molar refractivity (Wildman–Crippen MR) is 49.3 cm³/mol. The summed E-state index contributed by atoms with van der Waals surface area (Å²) < 4.78 is 7.26. The van der Waals surface area contributed by atoms with Gasteiger partial charge in [-0.1, -0.05) is 5.11 Å². The van der Waals surface area contributed by atoms with Gasteiger partial charge < -0.3 is 9.30 Å². The minimum atomic E-state index is 0.405. The Balaban J connectivity index is 1.99. The Morgan fingerprint density at radius 3 is 2.77 bits per heavy atom. The van der Waals surface area contributed by atoms with E-state index in [0.717, 1.165) is 6.54 Å². The summed E-state index contributed by atoms with van der Waals surface area (Å²) in [6, 6.07) is 3.94. The van der Waals surface area contributed by atoms with E-state index in [4.69, 9.17) is 10.3 Å². The number of rotatable bonds is 6. The van der Waals surface area contributed by atoms with E-state index in [1.807, 2.05) is 29.1 Å². The fourth-order valence-electron chi connectivity index (χ4n) is 0.941. The maximum absolute atomic E-state index is 7.97. The van der Waals surface area contributed by atoms with Gasteiger partial charge >= 0.3 is 0 Å². The van der Waals surface area contributed by atoms with Gasteiger partial charge in [0.25, 0.3) is 0 Å². The third-order valence-corrected chi connectivity index (χ3v) is 1.56. The molecule has 0 bridgehead atoms. The van der Waals surface area contributed by atoms with E-state index in [0.29, 0.717) is 19.8 Å². The molecule has 0 saturated carbocycles. The summed E-state index contributed by atoms with van der Waals surface area (Å²) in [5.74, 6) is 0. The van der Waals surface area contributed by atoms with E-state index in [2.05, 4.69) is 10.0 Å². The van der Waals surface area contributed by atoms with Gasteiger partial charge in [-0.25, -0.2) is 0 Å². The molecule has 5 nitrogen and oxygen atoms in total. The number of nitrogens with zero attached hydrogens (tertiary/aromatic N) is 4. The van der Waals surface area contributed by atoms with Crippen LogP contribution in [0.15, 0.2) is 29.6 Å². The van der Waals surface area contributed by atoms with Crippen molar-refractivity contribution in [3.8, 4) is 0 Å². The first-order chi connectivity index (χ1) is 6.43. The number of hydrogen-bond acceptors (Lipinski definition) is 2. The molecule has 0 aliphatic rings. The van der Waals surface area contributed by atoms with Gasteiger partial charge in [-0.15, -0.1) is 0 Å². The van der Waals surface area contributed by atoms with Gasteiger partial charge in [-0.05, 0) is 17.7 Å². The van der Waals surface area contributed by atoms with Gasteiger partial charge in [0, 0.05) is 30.4 Å². The maximum Gasteiger partial charge on any atom is 0.0645 e. The van der Waals surface area contributed by atoms with Crippen molar-refractivity contribution in [2.45, 2.75) is 6.54 Å². The number of aromatic nitrogens is 1. The average molecular weight is 180 g/mol. The van der Waals surface area contributed by atoms with E-state index in [1.165, 1.54) is 0 Å². The maximum atomic E-state index is 7.97. The molecule has 0 radical (unpaired) electrons. The molecular weight excluding hydrogens is 168 g/mol. The van der Waals surface area contributed by atoms with Crippen LogP contribution in [0.4, 0.5) is 0 Å². The highest BCUT2D eigenvalue weighted by Gasteiger charge is 1.88. The first-order valence-corrected chi connectivity index (χ1v) is 4.13. The number of ether oxygens (including phenoxy) is 1. The first-order valence-electron chi connectivity index (χ1n) is 4.13. The molecule has 0 aliphatic heterocycles. The molecule has 0 fully saturated rings. The van der Waals surface area contributed by atoms with Crippen LogP contribution in [-0.4, -0.2) is 24.3 Å². The van der Waals surface area contributed by atoms with Crippen LogP contribution in [0.3, 0.4) is 0 Å². The van der Waals surface area contributed by atoms with Crippen molar-refractivity contribution in [2.24, 2.45) is 5.11 Å². The summed E-state index contributed by atoms with van der Waals surface area (Å²) in [7, 11) is 0. The lowest BCUT2D eigenvalue weighted by Gasteiger charge is -2.02. The lowest BCUT2D eigenvalue weighted by molar-refractivity contribution is 0.133. The topological polar surface area (TPSA) is 62.9 Å². The zero-order valence-electron chi connectivity index (χ0n) is 7.33. The summed E-state index contributed by atoms with van der Waals surface area (Å²) in [5, 5.41) is 3.36. The summed E-state index contributed by atoms with van der Waals surface area (Å²) in [6.07, 6.45) is 3.97. The van der Waals surface area contributed by atoms with Crippen LogP contribution in [0.5, 0.6) is 0 Å². The molecule has 0 saturated heterocycles.